The second-order valence-electron chi connectivity index (χ2n) is 6.41. The maximum Gasteiger partial charge on any atom is 0.348 e. The highest BCUT2D eigenvalue weighted by Crippen LogP contribution is 2.24. The summed E-state index contributed by atoms with van der Waals surface area (Å²) in [7, 11) is 0. The average Bonchev–Trinajstić information content (AvgIpc) is 2.89. The Balaban J connectivity index is 2.16. The molecule has 0 aliphatic carbocycles. The number of hydrogen-bond donors (Lipinski definition) is 1. The van der Waals surface area contributed by atoms with Crippen LogP contribution in [0.4, 0.5) is 0 Å². The zero-order chi connectivity index (χ0) is 15.5. The number of aromatic nitrogens is 1. The molecule has 1 saturated heterocycles. The second-order valence-corrected chi connectivity index (χ2v) is 6.41. The van der Waals surface area contributed by atoms with Gasteiger partial charge in [-0.2, -0.15) is 0 Å². The van der Waals surface area contributed by atoms with Gasteiger partial charge in [-0.25, -0.2) is 4.79 Å². The number of esters is 1. The van der Waals surface area contributed by atoms with Crippen LogP contribution in [-0.2, 0) is 9.53 Å². The van der Waals surface area contributed by atoms with Gasteiger partial charge in [0.25, 0.3) is 0 Å². The first-order chi connectivity index (χ1) is 9.87. The first-order valence-electron chi connectivity index (χ1n) is 7.38. The number of nitrogens with zero attached hydrogens (tertiary/aromatic N) is 1. The number of carbonyl (C=O) groups excluding carboxylic acids is 1. The monoisotopic (exact) mass is 292 g/mol. The third kappa shape index (κ3) is 4.43. The van der Waals surface area contributed by atoms with E-state index >= 15 is 0 Å². The number of rotatable bonds is 4. The highest BCUT2D eigenvalue weighted by molar-refractivity contribution is 5.76. The summed E-state index contributed by atoms with van der Waals surface area (Å²) in [5.41, 5.74) is 0.256. The lowest BCUT2D eigenvalue weighted by atomic mass is 10.0. The maximum absolute atomic E-state index is 12.5. The summed E-state index contributed by atoms with van der Waals surface area (Å²) >= 11 is 0. The van der Waals surface area contributed by atoms with Crippen LogP contribution in [0.2, 0.25) is 0 Å². The van der Waals surface area contributed by atoms with Crippen LogP contribution in [-0.4, -0.2) is 35.7 Å². The zero-order valence-corrected chi connectivity index (χ0v) is 13.2. The lowest BCUT2D eigenvalue weighted by molar-refractivity contribution is -0.165. The number of hydrogen-bond acceptors (Lipinski definition) is 5. The summed E-state index contributed by atoms with van der Waals surface area (Å²) in [5.74, 6) is 0.458. The van der Waals surface area contributed by atoms with Crippen LogP contribution in [0.25, 0.3) is 0 Å². The number of aryl methyl sites for hydroxylation is 1. The highest BCUT2D eigenvalue weighted by Gasteiger charge is 2.36. The summed E-state index contributed by atoms with van der Waals surface area (Å²) in [6.07, 6.45) is 2.02. The van der Waals surface area contributed by atoms with Gasteiger partial charge in [-0.15, -0.1) is 0 Å². The van der Waals surface area contributed by atoms with E-state index in [2.05, 4.69) is 10.3 Å². The molecule has 1 fully saturated rings. The van der Waals surface area contributed by atoms with Gasteiger partial charge < -0.3 is 14.8 Å². The van der Waals surface area contributed by atoms with E-state index in [1.165, 1.54) is 0 Å². The predicted molar refractivity (Wildman–Crippen MR) is 80.2 cm³/mol. The average molecular weight is 292 g/mol. The molecule has 21 heavy (non-hydrogen) atoms. The van der Waals surface area contributed by atoms with E-state index in [0.717, 1.165) is 25.2 Å². The molecule has 1 unspecified atom stereocenters. The lowest BCUT2D eigenvalue weighted by Gasteiger charge is -2.27. The van der Waals surface area contributed by atoms with E-state index in [0.29, 0.717) is 5.75 Å². The number of carbonyl (C=O) groups is 1. The second kappa shape index (κ2) is 6.43. The molecule has 0 bridgehead atoms. The fourth-order valence-corrected chi connectivity index (χ4v) is 2.36. The zero-order valence-electron chi connectivity index (χ0n) is 13.2. The van der Waals surface area contributed by atoms with E-state index in [1.54, 1.807) is 12.3 Å². The van der Waals surface area contributed by atoms with Crippen LogP contribution in [0.15, 0.2) is 18.3 Å². The predicted octanol–water partition coefficient (Wildman–Crippen LogP) is 2.09. The van der Waals surface area contributed by atoms with Crippen molar-refractivity contribution in [2.24, 2.45) is 5.92 Å². The summed E-state index contributed by atoms with van der Waals surface area (Å²) in [6.45, 7) is 9.13. The van der Waals surface area contributed by atoms with Crippen molar-refractivity contribution in [1.29, 1.82) is 0 Å². The topological polar surface area (TPSA) is 60.5 Å². The standard InChI is InChI=1S/C16H24N2O3/c1-11-13(6-5-8-18-11)20-14(12-7-9-17-10-12)15(19)21-16(2,3)4/h5-6,8,12,14,17H,7,9-10H2,1-4H3/t12-,14?/m1/s1. The highest BCUT2D eigenvalue weighted by atomic mass is 16.6. The van der Waals surface area contributed by atoms with Gasteiger partial charge in [0.05, 0.1) is 5.69 Å². The van der Waals surface area contributed by atoms with Crippen LogP contribution >= 0.6 is 0 Å². The van der Waals surface area contributed by atoms with Crippen LogP contribution in [0, 0.1) is 12.8 Å². The normalized spacial score (nSPS) is 20.1. The van der Waals surface area contributed by atoms with Crippen molar-refractivity contribution in [2.75, 3.05) is 13.1 Å². The van der Waals surface area contributed by atoms with Gasteiger partial charge in [-0.3, -0.25) is 4.98 Å². The van der Waals surface area contributed by atoms with Crippen molar-refractivity contribution in [3.05, 3.63) is 24.0 Å². The van der Waals surface area contributed by atoms with Gasteiger partial charge in [0, 0.05) is 18.7 Å². The Morgan fingerprint density at radius 3 is 2.81 bits per heavy atom. The minimum atomic E-state index is -0.595. The first-order valence-corrected chi connectivity index (χ1v) is 7.38. The third-order valence-electron chi connectivity index (χ3n) is 3.38. The quantitative estimate of drug-likeness (QED) is 0.861. The minimum Gasteiger partial charge on any atom is -0.476 e. The minimum absolute atomic E-state index is 0.124. The molecule has 1 N–H and O–H groups in total. The van der Waals surface area contributed by atoms with Gasteiger partial charge in [0.2, 0.25) is 0 Å². The number of nitrogens with one attached hydrogen (secondary N) is 1. The molecule has 2 atom stereocenters. The van der Waals surface area contributed by atoms with Gasteiger partial charge >= 0.3 is 5.97 Å². The van der Waals surface area contributed by atoms with Crippen molar-refractivity contribution in [3.8, 4) is 5.75 Å². The molecule has 1 aromatic heterocycles. The Bertz CT molecular complexity index is 491. The third-order valence-corrected chi connectivity index (χ3v) is 3.38. The van der Waals surface area contributed by atoms with Crippen LogP contribution < -0.4 is 10.1 Å². The SMILES string of the molecule is Cc1ncccc1OC(C(=O)OC(C)(C)C)[C@@H]1CCNC1. The Morgan fingerprint density at radius 2 is 2.24 bits per heavy atom. The Morgan fingerprint density at radius 1 is 1.48 bits per heavy atom. The fraction of sp³-hybridized carbons (Fsp3) is 0.625. The summed E-state index contributed by atoms with van der Waals surface area (Å²) in [5, 5.41) is 3.27. The summed E-state index contributed by atoms with van der Waals surface area (Å²) in [4.78, 5) is 16.7. The van der Waals surface area contributed by atoms with Crippen LogP contribution in [0.3, 0.4) is 0 Å². The van der Waals surface area contributed by atoms with E-state index in [1.807, 2.05) is 33.8 Å². The molecule has 0 saturated carbocycles. The molecule has 0 radical (unpaired) electrons. The maximum atomic E-state index is 12.5. The van der Waals surface area contributed by atoms with Crippen LogP contribution in [0.1, 0.15) is 32.9 Å². The van der Waals surface area contributed by atoms with E-state index in [4.69, 9.17) is 9.47 Å². The van der Waals surface area contributed by atoms with E-state index in [-0.39, 0.29) is 11.9 Å². The van der Waals surface area contributed by atoms with Crippen molar-refractivity contribution in [3.63, 3.8) is 0 Å². The molecule has 5 heteroatoms. The molecule has 5 nitrogen and oxygen atoms in total. The Hall–Kier alpha value is -1.62. The molecule has 2 rings (SSSR count). The smallest absolute Gasteiger partial charge is 0.348 e. The van der Waals surface area contributed by atoms with Gasteiger partial charge in [0.15, 0.2) is 6.10 Å². The molecule has 1 aliphatic heterocycles. The molecule has 0 aromatic carbocycles. The van der Waals surface area contributed by atoms with Crippen molar-refractivity contribution in [2.45, 2.75) is 45.8 Å². The fourth-order valence-electron chi connectivity index (χ4n) is 2.36. The number of ether oxygens (including phenoxy) is 2. The Kier molecular flexibility index (Phi) is 4.83. The van der Waals surface area contributed by atoms with Gasteiger partial charge in [-0.05, 0) is 52.8 Å². The largest absolute Gasteiger partial charge is 0.476 e. The molecular formula is C16H24N2O3. The Labute approximate surface area is 126 Å². The molecule has 0 spiro atoms. The number of pyridine rings is 1. The summed E-state index contributed by atoms with van der Waals surface area (Å²) in [6, 6.07) is 3.64. The molecule has 1 aliphatic rings. The molecular weight excluding hydrogens is 268 g/mol. The van der Waals surface area contributed by atoms with Gasteiger partial charge in [0.1, 0.15) is 11.4 Å². The van der Waals surface area contributed by atoms with E-state index < -0.39 is 11.7 Å². The van der Waals surface area contributed by atoms with Crippen LogP contribution in [0.5, 0.6) is 5.75 Å². The molecule has 0 amide bonds. The van der Waals surface area contributed by atoms with Crippen molar-refractivity contribution < 1.29 is 14.3 Å². The van der Waals surface area contributed by atoms with Gasteiger partial charge in [-0.1, -0.05) is 0 Å². The lowest BCUT2D eigenvalue weighted by Crippen LogP contribution is -2.41. The molecule has 116 valence electrons. The van der Waals surface area contributed by atoms with Crippen molar-refractivity contribution >= 4 is 5.97 Å². The molecule has 2 heterocycles. The first kappa shape index (κ1) is 15.8. The van der Waals surface area contributed by atoms with Crippen molar-refractivity contribution in [1.82, 2.24) is 10.3 Å². The molecule has 1 aromatic rings. The summed E-state index contributed by atoms with van der Waals surface area (Å²) < 4.78 is 11.5. The van der Waals surface area contributed by atoms with E-state index in [9.17, 15) is 4.79 Å².